The van der Waals surface area contributed by atoms with Gasteiger partial charge >= 0.3 is 0 Å². The fraction of sp³-hybridized carbons (Fsp3) is 0.875. The molecule has 0 bridgehead atoms. The molecule has 0 aromatic heterocycles. The molecule has 1 fully saturated rings. The number of aliphatic hydroxyl groups is 1. The molecule has 2 unspecified atom stereocenters. The lowest BCUT2D eigenvalue weighted by molar-refractivity contribution is -0.0233. The summed E-state index contributed by atoms with van der Waals surface area (Å²) in [4.78, 5) is 0. The van der Waals surface area contributed by atoms with Crippen LogP contribution in [0.5, 0.6) is 0 Å². The van der Waals surface area contributed by atoms with Gasteiger partial charge < -0.3 is 5.11 Å². The minimum absolute atomic E-state index is 0.121. The Morgan fingerprint density at radius 2 is 1.82 bits per heavy atom. The van der Waals surface area contributed by atoms with E-state index in [1.165, 1.54) is 32.1 Å². The Balaban J connectivity index is 2.78. The molecule has 100 valence electrons. The molecule has 0 radical (unpaired) electrons. The van der Waals surface area contributed by atoms with E-state index in [0.29, 0.717) is 11.8 Å². The van der Waals surface area contributed by atoms with Crippen LogP contribution in [0.2, 0.25) is 0 Å². The molecule has 1 N–H and O–H groups in total. The van der Waals surface area contributed by atoms with Crippen LogP contribution in [0.1, 0.15) is 65.7 Å². The fourth-order valence-corrected chi connectivity index (χ4v) is 3.42. The molecule has 0 spiro atoms. The van der Waals surface area contributed by atoms with Crippen molar-refractivity contribution >= 4 is 0 Å². The highest BCUT2D eigenvalue weighted by Crippen LogP contribution is 2.46. The van der Waals surface area contributed by atoms with Gasteiger partial charge in [0.2, 0.25) is 0 Å². The lowest BCUT2D eigenvalue weighted by Gasteiger charge is -2.43. The third kappa shape index (κ3) is 3.58. The van der Waals surface area contributed by atoms with Gasteiger partial charge in [0.05, 0.1) is 6.10 Å². The highest BCUT2D eigenvalue weighted by atomic mass is 16.3. The number of rotatable bonds is 6. The Morgan fingerprint density at radius 3 is 2.24 bits per heavy atom. The SMILES string of the molecule is C=CC(CC1(C(O)CC)CCCCC1)C(C)C. The molecular weight excluding hydrogens is 208 g/mol. The van der Waals surface area contributed by atoms with Crippen molar-refractivity contribution in [1.29, 1.82) is 0 Å². The Labute approximate surface area is 107 Å². The van der Waals surface area contributed by atoms with Crippen molar-refractivity contribution in [3.63, 3.8) is 0 Å². The van der Waals surface area contributed by atoms with E-state index < -0.39 is 0 Å². The summed E-state index contributed by atoms with van der Waals surface area (Å²) in [7, 11) is 0. The monoisotopic (exact) mass is 238 g/mol. The maximum Gasteiger partial charge on any atom is 0.0594 e. The third-order valence-electron chi connectivity index (χ3n) is 4.74. The van der Waals surface area contributed by atoms with Crippen LogP contribution in [0, 0.1) is 17.3 Å². The van der Waals surface area contributed by atoms with Gasteiger partial charge in [-0.1, -0.05) is 46.1 Å². The quantitative estimate of drug-likeness (QED) is 0.673. The van der Waals surface area contributed by atoms with Gasteiger partial charge in [-0.25, -0.2) is 0 Å². The van der Waals surface area contributed by atoms with E-state index in [9.17, 15) is 5.11 Å². The van der Waals surface area contributed by atoms with Crippen molar-refractivity contribution in [3.8, 4) is 0 Å². The first-order chi connectivity index (χ1) is 8.05. The van der Waals surface area contributed by atoms with E-state index in [0.717, 1.165) is 12.8 Å². The minimum Gasteiger partial charge on any atom is -0.393 e. The zero-order chi connectivity index (χ0) is 12.9. The molecule has 1 nitrogen and oxygen atoms in total. The van der Waals surface area contributed by atoms with Crippen LogP contribution in [0.15, 0.2) is 12.7 Å². The van der Waals surface area contributed by atoms with Crippen LogP contribution >= 0.6 is 0 Å². The van der Waals surface area contributed by atoms with E-state index >= 15 is 0 Å². The molecule has 17 heavy (non-hydrogen) atoms. The molecule has 0 saturated heterocycles. The Kier molecular flexibility index (Phi) is 5.72. The fourth-order valence-electron chi connectivity index (χ4n) is 3.42. The van der Waals surface area contributed by atoms with Crippen molar-refractivity contribution < 1.29 is 5.11 Å². The minimum atomic E-state index is -0.121. The van der Waals surface area contributed by atoms with Gasteiger partial charge in [0.15, 0.2) is 0 Å². The van der Waals surface area contributed by atoms with E-state index in [1.807, 2.05) is 0 Å². The smallest absolute Gasteiger partial charge is 0.0594 e. The van der Waals surface area contributed by atoms with Gasteiger partial charge in [-0.2, -0.15) is 0 Å². The first kappa shape index (κ1) is 14.8. The Bertz CT molecular complexity index is 226. The topological polar surface area (TPSA) is 20.2 Å². The van der Waals surface area contributed by atoms with Gasteiger partial charge in [-0.15, -0.1) is 6.58 Å². The maximum absolute atomic E-state index is 10.4. The summed E-state index contributed by atoms with van der Waals surface area (Å²) in [6.45, 7) is 10.6. The number of hydrogen-bond acceptors (Lipinski definition) is 1. The Hall–Kier alpha value is -0.300. The average molecular weight is 238 g/mol. The van der Waals surface area contributed by atoms with Gasteiger partial charge in [0.1, 0.15) is 0 Å². The second-order valence-electron chi connectivity index (χ2n) is 6.19. The van der Waals surface area contributed by atoms with Crippen LogP contribution in [0.3, 0.4) is 0 Å². The molecule has 1 heteroatoms. The molecule has 0 aromatic rings. The molecule has 0 amide bonds. The highest BCUT2D eigenvalue weighted by molar-refractivity contribution is 4.94. The number of hydrogen-bond donors (Lipinski definition) is 1. The maximum atomic E-state index is 10.4. The van der Waals surface area contributed by atoms with Crippen molar-refractivity contribution in [1.82, 2.24) is 0 Å². The average Bonchev–Trinajstić information content (AvgIpc) is 2.35. The molecule has 1 rings (SSSR count). The zero-order valence-corrected chi connectivity index (χ0v) is 11.9. The van der Waals surface area contributed by atoms with Crippen LogP contribution in [-0.4, -0.2) is 11.2 Å². The third-order valence-corrected chi connectivity index (χ3v) is 4.74. The standard InChI is InChI=1S/C16H30O/c1-5-14(13(3)4)12-16(15(17)6-2)10-8-7-9-11-16/h5,13-15,17H,1,6-12H2,2-4H3. The number of aliphatic hydroxyl groups excluding tert-OH is 1. The normalized spacial score (nSPS) is 23.4. The van der Waals surface area contributed by atoms with Crippen molar-refractivity contribution in [3.05, 3.63) is 12.7 Å². The van der Waals surface area contributed by atoms with Crippen LogP contribution < -0.4 is 0 Å². The van der Waals surface area contributed by atoms with Gasteiger partial charge in [-0.3, -0.25) is 0 Å². The summed E-state index contributed by atoms with van der Waals surface area (Å²) in [6, 6.07) is 0. The second kappa shape index (κ2) is 6.58. The number of allylic oxidation sites excluding steroid dienone is 1. The van der Waals surface area contributed by atoms with Crippen molar-refractivity contribution in [2.75, 3.05) is 0 Å². The summed E-state index contributed by atoms with van der Waals surface area (Å²) in [6.07, 6.45) is 10.3. The molecule has 0 aromatic carbocycles. The van der Waals surface area contributed by atoms with Crippen LogP contribution in [-0.2, 0) is 0 Å². The van der Waals surface area contributed by atoms with E-state index in [-0.39, 0.29) is 11.5 Å². The van der Waals surface area contributed by atoms with Gasteiger partial charge in [0, 0.05) is 0 Å². The first-order valence-electron chi connectivity index (χ1n) is 7.36. The van der Waals surface area contributed by atoms with E-state index in [2.05, 4.69) is 33.4 Å². The van der Waals surface area contributed by atoms with Crippen molar-refractivity contribution in [2.45, 2.75) is 71.8 Å². The van der Waals surface area contributed by atoms with Crippen LogP contribution in [0.25, 0.3) is 0 Å². The lowest BCUT2D eigenvalue weighted by atomic mass is 9.64. The summed E-state index contributed by atoms with van der Waals surface area (Å²) >= 11 is 0. The molecule has 1 saturated carbocycles. The van der Waals surface area contributed by atoms with Crippen LogP contribution in [0.4, 0.5) is 0 Å². The summed E-state index contributed by atoms with van der Waals surface area (Å²) in [5, 5.41) is 10.4. The predicted molar refractivity (Wildman–Crippen MR) is 75.0 cm³/mol. The zero-order valence-electron chi connectivity index (χ0n) is 11.9. The Morgan fingerprint density at radius 1 is 1.24 bits per heavy atom. The predicted octanol–water partition coefficient (Wildman–Crippen LogP) is 4.56. The largest absolute Gasteiger partial charge is 0.393 e. The molecule has 2 atom stereocenters. The summed E-state index contributed by atoms with van der Waals surface area (Å²) in [5.41, 5.74) is 0.177. The van der Waals surface area contributed by atoms with Gasteiger partial charge in [-0.05, 0) is 42.9 Å². The van der Waals surface area contributed by atoms with Crippen molar-refractivity contribution in [2.24, 2.45) is 17.3 Å². The molecule has 0 heterocycles. The molecule has 1 aliphatic carbocycles. The summed E-state index contributed by atoms with van der Waals surface area (Å²) in [5.74, 6) is 1.18. The lowest BCUT2D eigenvalue weighted by Crippen LogP contribution is -2.39. The highest BCUT2D eigenvalue weighted by Gasteiger charge is 2.39. The molecular formula is C16H30O. The van der Waals surface area contributed by atoms with Gasteiger partial charge in [0.25, 0.3) is 0 Å². The first-order valence-corrected chi connectivity index (χ1v) is 7.36. The van der Waals surface area contributed by atoms with E-state index in [4.69, 9.17) is 0 Å². The second-order valence-corrected chi connectivity index (χ2v) is 6.19. The molecule has 0 aliphatic heterocycles. The summed E-state index contributed by atoms with van der Waals surface area (Å²) < 4.78 is 0. The van der Waals surface area contributed by atoms with E-state index in [1.54, 1.807) is 0 Å². The molecule has 1 aliphatic rings.